The van der Waals surface area contributed by atoms with E-state index in [-0.39, 0.29) is 23.7 Å². The molecule has 3 heterocycles. The molecule has 2 saturated heterocycles. The van der Waals surface area contributed by atoms with Gasteiger partial charge in [0.1, 0.15) is 5.82 Å². The van der Waals surface area contributed by atoms with Gasteiger partial charge in [-0.15, -0.1) is 0 Å². The fourth-order valence-corrected chi connectivity index (χ4v) is 4.33. The molecule has 2 atom stereocenters. The molecule has 2 N–H and O–H groups in total. The van der Waals surface area contributed by atoms with Crippen molar-refractivity contribution >= 4 is 22.8 Å². The zero-order valence-corrected chi connectivity index (χ0v) is 16.7. The van der Waals surface area contributed by atoms with Crippen LogP contribution in [-0.2, 0) is 23.2 Å². The number of benzene rings is 1. The summed E-state index contributed by atoms with van der Waals surface area (Å²) in [5, 5.41) is 6.33. The molecule has 1 aromatic carbocycles. The fourth-order valence-electron chi connectivity index (χ4n) is 4.33. The largest absolute Gasteiger partial charge is 0.352 e. The average Bonchev–Trinajstić information content (AvgIpc) is 3.34. The highest BCUT2D eigenvalue weighted by atomic mass is 16.2. The summed E-state index contributed by atoms with van der Waals surface area (Å²) in [4.78, 5) is 31.8. The number of hydrogen-bond donors (Lipinski definition) is 2. The standard InChI is InChI=1S/C21H29N5O2/c1-14-24-18-9-15(5-6-19(18)25(14)2)11-23-20(27)16-10-17(13-22-12-16)21(28)26-7-3-4-8-26/h5-6,9,16-17,22H,3-4,7-8,10-13H2,1-2H3,(H,23,27)/t16-,17+/m0/s1. The normalized spacial score (nSPS) is 22.6. The first-order chi connectivity index (χ1) is 13.5. The molecule has 2 aliphatic heterocycles. The number of fused-ring (bicyclic) bond motifs is 1. The van der Waals surface area contributed by atoms with Gasteiger partial charge in [-0.2, -0.15) is 0 Å². The Bertz CT molecular complexity index is 884. The number of aryl methyl sites for hydroxylation is 2. The smallest absolute Gasteiger partial charge is 0.226 e. The van der Waals surface area contributed by atoms with Crippen molar-refractivity contribution in [3.05, 3.63) is 29.6 Å². The maximum absolute atomic E-state index is 12.7. The van der Waals surface area contributed by atoms with Gasteiger partial charge in [0.05, 0.1) is 22.9 Å². The Labute approximate surface area is 165 Å². The fraction of sp³-hybridized carbons (Fsp3) is 0.571. The molecule has 0 aliphatic carbocycles. The van der Waals surface area contributed by atoms with E-state index in [1.165, 1.54) is 0 Å². The number of nitrogens with zero attached hydrogens (tertiary/aromatic N) is 3. The summed E-state index contributed by atoms with van der Waals surface area (Å²) in [5.41, 5.74) is 3.07. The second-order valence-electron chi connectivity index (χ2n) is 8.08. The Morgan fingerprint density at radius 1 is 1.21 bits per heavy atom. The van der Waals surface area contributed by atoms with E-state index in [0.717, 1.165) is 48.4 Å². The Kier molecular flexibility index (Phi) is 5.35. The Balaban J connectivity index is 1.34. The van der Waals surface area contributed by atoms with Gasteiger partial charge >= 0.3 is 0 Å². The van der Waals surface area contributed by atoms with Crippen molar-refractivity contribution in [1.29, 1.82) is 0 Å². The molecule has 0 spiro atoms. The Morgan fingerprint density at radius 3 is 2.75 bits per heavy atom. The number of carbonyl (C=O) groups excluding carboxylic acids is 2. The predicted molar refractivity (Wildman–Crippen MR) is 108 cm³/mol. The molecule has 28 heavy (non-hydrogen) atoms. The number of carbonyl (C=O) groups is 2. The van der Waals surface area contributed by atoms with E-state index in [9.17, 15) is 9.59 Å². The van der Waals surface area contributed by atoms with Gasteiger partial charge in [-0.05, 0) is 43.9 Å². The third kappa shape index (κ3) is 3.76. The van der Waals surface area contributed by atoms with E-state index in [0.29, 0.717) is 26.1 Å². The summed E-state index contributed by atoms with van der Waals surface area (Å²) in [7, 11) is 2.00. The molecule has 7 heteroatoms. The van der Waals surface area contributed by atoms with Crippen molar-refractivity contribution in [2.45, 2.75) is 32.7 Å². The highest BCUT2D eigenvalue weighted by Gasteiger charge is 2.33. The topological polar surface area (TPSA) is 79.3 Å². The van der Waals surface area contributed by atoms with Crippen molar-refractivity contribution in [3.63, 3.8) is 0 Å². The SMILES string of the molecule is Cc1nc2cc(CNC(=O)[C@@H]3CNC[C@H](C(=O)N4CCCC4)C3)ccc2n1C. The number of rotatable bonds is 4. The minimum atomic E-state index is -0.161. The lowest BCUT2D eigenvalue weighted by Crippen LogP contribution is -2.48. The summed E-state index contributed by atoms with van der Waals surface area (Å²) >= 11 is 0. The second-order valence-corrected chi connectivity index (χ2v) is 8.08. The first-order valence-corrected chi connectivity index (χ1v) is 10.2. The maximum Gasteiger partial charge on any atom is 0.226 e. The van der Waals surface area contributed by atoms with E-state index in [2.05, 4.69) is 20.2 Å². The molecular weight excluding hydrogens is 354 g/mol. The van der Waals surface area contributed by atoms with Gasteiger partial charge in [0.25, 0.3) is 0 Å². The number of piperidine rings is 1. The molecule has 150 valence electrons. The van der Waals surface area contributed by atoms with E-state index in [1.807, 2.05) is 37.1 Å². The van der Waals surface area contributed by atoms with Crippen molar-refractivity contribution < 1.29 is 9.59 Å². The van der Waals surface area contributed by atoms with Crippen LogP contribution in [0.1, 0.15) is 30.7 Å². The van der Waals surface area contributed by atoms with Crippen LogP contribution in [0.5, 0.6) is 0 Å². The van der Waals surface area contributed by atoms with Crippen molar-refractivity contribution in [3.8, 4) is 0 Å². The molecule has 0 unspecified atom stereocenters. The number of aromatic nitrogens is 2. The van der Waals surface area contributed by atoms with E-state index in [1.54, 1.807) is 0 Å². The first-order valence-electron chi connectivity index (χ1n) is 10.2. The average molecular weight is 383 g/mol. The zero-order valence-electron chi connectivity index (χ0n) is 16.7. The molecule has 1 aromatic heterocycles. The lowest BCUT2D eigenvalue weighted by atomic mass is 9.89. The molecule has 0 saturated carbocycles. The minimum absolute atomic E-state index is 0.0173. The van der Waals surface area contributed by atoms with E-state index < -0.39 is 0 Å². The molecular formula is C21H29N5O2. The predicted octanol–water partition coefficient (Wildman–Crippen LogP) is 1.35. The van der Waals surface area contributed by atoms with E-state index >= 15 is 0 Å². The maximum atomic E-state index is 12.7. The van der Waals surface area contributed by atoms with Gasteiger partial charge in [-0.25, -0.2) is 4.98 Å². The van der Waals surface area contributed by atoms with Gasteiger partial charge in [-0.3, -0.25) is 9.59 Å². The van der Waals surface area contributed by atoms with Gasteiger partial charge in [0, 0.05) is 39.8 Å². The molecule has 2 amide bonds. The summed E-state index contributed by atoms with van der Waals surface area (Å²) < 4.78 is 2.06. The molecule has 7 nitrogen and oxygen atoms in total. The van der Waals surface area contributed by atoms with Crippen LogP contribution in [0.15, 0.2) is 18.2 Å². The third-order valence-electron chi connectivity index (χ3n) is 6.12. The third-order valence-corrected chi connectivity index (χ3v) is 6.12. The van der Waals surface area contributed by atoms with Crippen LogP contribution >= 0.6 is 0 Å². The molecule has 2 aromatic rings. The van der Waals surface area contributed by atoms with Gasteiger partial charge < -0.3 is 20.1 Å². The highest BCUT2D eigenvalue weighted by Crippen LogP contribution is 2.22. The number of hydrogen-bond acceptors (Lipinski definition) is 4. The Morgan fingerprint density at radius 2 is 1.96 bits per heavy atom. The molecule has 2 aliphatic rings. The summed E-state index contributed by atoms with van der Waals surface area (Å²) in [5.74, 6) is 0.946. The first kappa shape index (κ1) is 18.9. The number of imidazole rings is 1. The van der Waals surface area contributed by atoms with Crippen LogP contribution in [-0.4, -0.2) is 52.4 Å². The van der Waals surface area contributed by atoms with Crippen LogP contribution in [0, 0.1) is 18.8 Å². The monoisotopic (exact) mass is 383 g/mol. The molecule has 0 radical (unpaired) electrons. The van der Waals surface area contributed by atoms with Gasteiger partial charge in [0.15, 0.2) is 0 Å². The van der Waals surface area contributed by atoms with Crippen molar-refractivity contribution in [2.24, 2.45) is 18.9 Å². The Hall–Kier alpha value is -2.41. The van der Waals surface area contributed by atoms with Crippen LogP contribution in [0.4, 0.5) is 0 Å². The molecule has 4 rings (SSSR count). The molecule has 2 fully saturated rings. The van der Waals surface area contributed by atoms with Crippen LogP contribution in [0.3, 0.4) is 0 Å². The summed E-state index contributed by atoms with van der Waals surface area (Å²) in [6, 6.07) is 6.10. The van der Waals surface area contributed by atoms with Crippen LogP contribution in [0.2, 0.25) is 0 Å². The van der Waals surface area contributed by atoms with E-state index in [4.69, 9.17) is 0 Å². The minimum Gasteiger partial charge on any atom is -0.352 e. The quantitative estimate of drug-likeness (QED) is 0.835. The lowest BCUT2D eigenvalue weighted by molar-refractivity contribution is -0.136. The zero-order chi connectivity index (χ0) is 19.7. The second kappa shape index (κ2) is 7.91. The van der Waals surface area contributed by atoms with Gasteiger partial charge in [0.2, 0.25) is 11.8 Å². The number of amides is 2. The van der Waals surface area contributed by atoms with Crippen LogP contribution in [0.25, 0.3) is 11.0 Å². The summed E-state index contributed by atoms with van der Waals surface area (Å²) in [6.45, 7) is 5.50. The number of likely N-dealkylation sites (tertiary alicyclic amines) is 1. The van der Waals surface area contributed by atoms with Crippen LogP contribution < -0.4 is 10.6 Å². The van der Waals surface area contributed by atoms with Gasteiger partial charge in [-0.1, -0.05) is 6.07 Å². The van der Waals surface area contributed by atoms with Crippen molar-refractivity contribution in [1.82, 2.24) is 25.1 Å². The number of nitrogens with one attached hydrogen (secondary N) is 2. The lowest BCUT2D eigenvalue weighted by Gasteiger charge is -2.31. The van der Waals surface area contributed by atoms with Crippen molar-refractivity contribution in [2.75, 3.05) is 26.2 Å². The molecule has 0 bridgehead atoms. The highest BCUT2D eigenvalue weighted by molar-refractivity contribution is 5.83. The summed E-state index contributed by atoms with van der Waals surface area (Å²) in [6.07, 6.45) is 2.82.